The Balaban J connectivity index is 2.16. The van der Waals surface area contributed by atoms with Crippen LogP contribution >= 0.6 is 0 Å². The molecule has 3 rings (SSSR count). The fourth-order valence-electron chi connectivity index (χ4n) is 3.75. The van der Waals surface area contributed by atoms with Crippen molar-refractivity contribution in [2.45, 2.75) is 38.5 Å². The van der Waals surface area contributed by atoms with Crippen molar-refractivity contribution in [3.05, 3.63) is 29.6 Å². The molecule has 0 radical (unpaired) electrons. The van der Waals surface area contributed by atoms with Crippen LogP contribution in [0.1, 0.15) is 38.7 Å². The summed E-state index contributed by atoms with van der Waals surface area (Å²) in [7, 11) is 1.68. The molecule has 4 heteroatoms. The Labute approximate surface area is 117 Å². The second kappa shape index (κ2) is 3.90. The molecule has 1 aliphatic heterocycles. The number of halogens is 1. The molecule has 1 amide bonds. The zero-order chi connectivity index (χ0) is 14.7. The van der Waals surface area contributed by atoms with Gasteiger partial charge >= 0.3 is 0 Å². The Bertz CT molecular complexity index is 623. The Morgan fingerprint density at radius 2 is 1.95 bits per heavy atom. The molecule has 0 N–H and O–H groups in total. The molecule has 1 heterocycles. The van der Waals surface area contributed by atoms with Gasteiger partial charge in [0.1, 0.15) is 11.6 Å². The van der Waals surface area contributed by atoms with Crippen molar-refractivity contribution < 1.29 is 14.0 Å². The van der Waals surface area contributed by atoms with Crippen LogP contribution in [0, 0.1) is 11.2 Å². The molecule has 1 fully saturated rings. The van der Waals surface area contributed by atoms with E-state index in [1.807, 2.05) is 13.8 Å². The molecule has 1 aromatic carbocycles. The number of nitrogens with zero attached hydrogens (tertiary/aromatic N) is 1. The van der Waals surface area contributed by atoms with E-state index in [0.29, 0.717) is 24.9 Å². The molecular formula is C16H18FNO2. The lowest BCUT2D eigenvalue weighted by Crippen LogP contribution is -2.47. The minimum atomic E-state index is -0.658. The van der Waals surface area contributed by atoms with Crippen LogP contribution in [0.15, 0.2) is 18.2 Å². The van der Waals surface area contributed by atoms with Crippen molar-refractivity contribution >= 4 is 17.4 Å². The van der Waals surface area contributed by atoms with Crippen molar-refractivity contribution in [3.63, 3.8) is 0 Å². The smallest absolute Gasteiger partial charge is 0.237 e. The Morgan fingerprint density at radius 1 is 1.25 bits per heavy atom. The highest BCUT2D eigenvalue weighted by atomic mass is 19.1. The number of ketones is 1. The van der Waals surface area contributed by atoms with E-state index in [1.165, 1.54) is 17.0 Å². The largest absolute Gasteiger partial charge is 0.314 e. The minimum absolute atomic E-state index is 0.0151. The van der Waals surface area contributed by atoms with Gasteiger partial charge in [-0.1, -0.05) is 19.9 Å². The number of anilines is 1. The summed E-state index contributed by atoms with van der Waals surface area (Å²) in [6.45, 7) is 3.79. The molecule has 1 spiro atoms. The monoisotopic (exact) mass is 275 g/mol. The van der Waals surface area contributed by atoms with Crippen LogP contribution in [0.3, 0.4) is 0 Å². The molecule has 2 aliphatic rings. The van der Waals surface area contributed by atoms with Crippen LogP contribution in [0.25, 0.3) is 0 Å². The third-order valence-corrected chi connectivity index (χ3v) is 4.83. The van der Waals surface area contributed by atoms with Crippen molar-refractivity contribution in [1.29, 1.82) is 0 Å². The summed E-state index contributed by atoms with van der Waals surface area (Å²) in [5, 5.41) is 0. The second-order valence-electron chi connectivity index (χ2n) is 6.59. The quantitative estimate of drug-likeness (QED) is 0.730. The minimum Gasteiger partial charge on any atom is -0.314 e. The van der Waals surface area contributed by atoms with Crippen LogP contribution in [0.4, 0.5) is 10.1 Å². The first-order valence-corrected chi connectivity index (χ1v) is 6.89. The Morgan fingerprint density at radius 3 is 2.60 bits per heavy atom. The highest BCUT2D eigenvalue weighted by molar-refractivity contribution is 6.09. The number of fused-ring (bicyclic) bond motifs is 2. The molecule has 0 saturated heterocycles. The van der Waals surface area contributed by atoms with Gasteiger partial charge < -0.3 is 4.90 Å². The van der Waals surface area contributed by atoms with Crippen LogP contribution in [-0.4, -0.2) is 18.7 Å². The van der Waals surface area contributed by atoms with Gasteiger partial charge in [0.05, 0.1) is 11.1 Å². The van der Waals surface area contributed by atoms with Gasteiger partial charge in [-0.2, -0.15) is 0 Å². The highest BCUT2D eigenvalue weighted by Crippen LogP contribution is 2.53. The number of hydrogen-bond donors (Lipinski definition) is 0. The number of carbonyl (C=O) groups excluding carboxylic acids is 2. The summed E-state index contributed by atoms with van der Waals surface area (Å²) in [4.78, 5) is 26.3. The predicted octanol–water partition coefficient (Wildman–Crippen LogP) is 2.82. The van der Waals surface area contributed by atoms with E-state index in [9.17, 15) is 14.0 Å². The Kier molecular flexibility index (Phi) is 2.59. The van der Waals surface area contributed by atoms with E-state index in [0.717, 1.165) is 5.56 Å². The molecule has 0 aromatic heterocycles. The maximum Gasteiger partial charge on any atom is 0.237 e. The lowest BCUT2D eigenvalue weighted by Gasteiger charge is -2.40. The third-order valence-electron chi connectivity index (χ3n) is 4.83. The molecule has 106 valence electrons. The maximum atomic E-state index is 13.4. The predicted molar refractivity (Wildman–Crippen MR) is 74.1 cm³/mol. The van der Waals surface area contributed by atoms with E-state index in [4.69, 9.17) is 0 Å². The number of rotatable bonds is 0. The average molecular weight is 275 g/mol. The second-order valence-corrected chi connectivity index (χ2v) is 6.59. The lowest BCUT2D eigenvalue weighted by atomic mass is 9.60. The summed E-state index contributed by atoms with van der Waals surface area (Å²) in [5.74, 6) is -0.153. The van der Waals surface area contributed by atoms with E-state index in [2.05, 4.69) is 0 Å². The normalized spacial score (nSPS) is 28.1. The number of hydrogen-bond acceptors (Lipinski definition) is 2. The number of Topliss-reactive ketones (excluding diaryl/α,β-unsaturated/α-hetero) is 1. The topological polar surface area (TPSA) is 37.4 Å². The first-order valence-electron chi connectivity index (χ1n) is 6.89. The number of carbonyl (C=O) groups is 2. The molecule has 20 heavy (non-hydrogen) atoms. The van der Waals surface area contributed by atoms with Crippen LogP contribution in [-0.2, 0) is 15.0 Å². The van der Waals surface area contributed by atoms with Gasteiger partial charge in [-0.15, -0.1) is 0 Å². The fraction of sp³-hybridized carbons (Fsp3) is 0.500. The molecule has 1 unspecified atom stereocenters. The molecular weight excluding hydrogens is 257 g/mol. The average Bonchev–Trinajstić information content (AvgIpc) is 2.57. The standard InChI is InChI=1S/C16H18FNO2/c1-15(2)9-16(7-6-13(15)19)11-5-4-10(17)8-12(11)18(3)14(16)20/h4-5,8H,6-7,9H2,1-3H3. The molecule has 3 nitrogen and oxygen atoms in total. The summed E-state index contributed by atoms with van der Waals surface area (Å²) in [5.41, 5.74) is 0.340. The van der Waals surface area contributed by atoms with Gasteiger partial charge in [0.25, 0.3) is 0 Å². The van der Waals surface area contributed by atoms with Crippen molar-refractivity contribution in [1.82, 2.24) is 0 Å². The summed E-state index contributed by atoms with van der Waals surface area (Å²) in [6, 6.07) is 4.51. The van der Waals surface area contributed by atoms with Crippen LogP contribution in [0.5, 0.6) is 0 Å². The number of likely N-dealkylation sites (N-methyl/N-ethyl adjacent to an activating group) is 1. The molecule has 1 aliphatic carbocycles. The van der Waals surface area contributed by atoms with Crippen molar-refractivity contribution in [2.75, 3.05) is 11.9 Å². The van der Waals surface area contributed by atoms with Gasteiger partial charge in [0, 0.05) is 18.9 Å². The highest BCUT2D eigenvalue weighted by Gasteiger charge is 2.55. The first-order chi connectivity index (χ1) is 9.28. The summed E-state index contributed by atoms with van der Waals surface area (Å²) >= 11 is 0. The Hall–Kier alpha value is -1.71. The maximum absolute atomic E-state index is 13.4. The van der Waals surface area contributed by atoms with Crippen LogP contribution in [0.2, 0.25) is 0 Å². The van der Waals surface area contributed by atoms with Crippen molar-refractivity contribution in [3.8, 4) is 0 Å². The van der Waals surface area contributed by atoms with E-state index >= 15 is 0 Å². The first kappa shape index (κ1) is 13.3. The lowest BCUT2D eigenvalue weighted by molar-refractivity contribution is -0.135. The third kappa shape index (κ3) is 1.57. The van der Waals surface area contributed by atoms with E-state index in [1.54, 1.807) is 13.1 Å². The zero-order valence-electron chi connectivity index (χ0n) is 12.0. The molecule has 1 aromatic rings. The molecule has 1 saturated carbocycles. The summed E-state index contributed by atoms with van der Waals surface area (Å²) in [6.07, 6.45) is 1.43. The van der Waals surface area contributed by atoms with E-state index < -0.39 is 10.8 Å². The van der Waals surface area contributed by atoms with Gasteiger partial charge in [0.15, 0.2) is 0 Å². The van der Waals surface area contributed by atoms with Gasteiger partial charge in [-0.05, 0) is 30.5 Å². The van der Waals surface area contributed by atoms with Crippen LogP contribution < -0.4 is 4.90 Å². The molecule has 1 atom stereocenters. The SMILES string of the molecule is CN1C(=O)C2(CCC(=O)C(C)(C)C2)c2ccc(F)cc21. The van der Waals surface area contributed by atoms with Crippen molar-refractivity contribution in [2.24, 2.45) is 5.41 Å². The van der Waals surface area contributed by atoms with Gasteiger partial charge in [0.2, 0.25) is 5.91 Å². The number of benzene rings is 1. The fourth-order valence-corrected chi connectivity index (χ4v) is 3.75. The van der Waals surface area contributed by atoms with E-state index in [-0.39, 0.29) is 17.5 Å². The number of amides is 1. The van der Waals surface area contributed by atoms with Gasteiger partial charge in [-0.25, -0.2) is 4.39 Å². The summed E-state index contributed by atoms with van der Waals surface area (Å²) < 4.78 is 13.4. The van der Waals surface area contributed by atoms with Gasteiger partial charge in [-0.3, -0.25) is 9.59 Å². The zero-order valence-corrected chi connectivity index (χ0v) is 12.0. The molecule has 0 bridgehead atoms.